The molecule has 0 fully saturated rings. The molecule has 0 spiro atoms. The highest BCUT2D eigenvalue weighted by Crippen LogP contribution is 2.26. The Labute approximate surface area is 131 Å². The number of halogens is 1. The molecule has 4 rings (SSSR count). The molecule has 1 N–H and O–H groups in total. The number of hydrogen-bond acceptors (Lipinski definition) is 1. The van der Waals surface area contributed by atoms with Gasteiger partial charge in [0, 0.05) is 11.7 Å². The summed E-state index contributed by atoms with van der Waals surface area (Å²) in [4.78, 5) is 11.1. The predicted molar refractivity (Wildman–Crippen MR) is 87.3 cm³/mol. The molecule has 0 radical (unpaired) electrons. The van der Waals surface area contributed by atoms with Crippen LogP contribution in [0.1, 0.15) is 10.4 Å². The van der Waals surface area contributed by atoms with Crippen LogP contribution < -0.4 is 0 Å². The number of fused-ring (bicyclic) bond motifs is 3. The van der Waals surface area contributed by atoms with E-state index in [1.807, 2.05) is 34.7 Å². The first-order valence-corrected chi connectivity index (χ1v) is 7.16. The van der Waals surface area contributed by atoms with Crippen LogP contribution in [0.2, 0.25) is 0 Å². The molecule has 3 nitrogen and oxygen atoms in total. The van der Waals surface area contributed by atoms with Gasteiger partial charge in [0.25, 0.3) is 0 Å². The van der Waals surface area contributed by atoms with E-state index in [0.29, 0.717) is 0 Å². The summed E-state index contributed by atoms with van der Waals surface area (Å²) in [5.41, 5.74) is 3.96. The zero-order valence-corrected chi connectivity index (χ0v) is 12.0. The molecule has 2 aromatic carbocycles. The first-order valence-electron chi connectivity index (χ1n) is 7.16. The van der Waals surface area contributed by atoms with Gasteiger partial charge in [-0.25, -0.2) is 9.18 Å². The van der Waals surface area contributed by atoms with Crippen molar-refractivity contribution in [2.45, 2.75) is 0 Å². The minimum absolute atomic E-state index is 0.259. The van der Waals surface area contributed by atoms with Gasteiger partial charge in [-0.3, -0.25) is 0 Å². The number of benzene rings is 2. The molecule has 2 aromatic heterocycles. The fourth-order valence-electron chi connectivity index (χ4n) is 2.84. The quantitative estimate of drug-likeness (QED) is 0.588. The summed E-state index contributed by atoms with van der Waals surface area (Å²) in [5.74, 6) is -1.20. The van der Waals surface area contributed by atoms with Crippen LogP contribution in [0.5, 0.6) is 0 Å². The Kier molecular flexibility index (Phi) is 2.91. The third kappa shape index (κ3) is 2.25. The lowest BCUT2D eigenvalue weighted by molar-refractivity contribution is 0.0697. The average Bonchev–Trinajstić information content (AvgIpc) is 3.00. The number of aromatic nitrogens is 1. The molecule has 0 amide bonds. The number of carboxylic acids is 1. The van der Waals surface area contributed by atoms with Gasteiger partial charge in [-0.05, 0) is 52.9 Å². The monoisotopic (exact) mass is 305 g/mol. The minimum Gasteiger partial charge on any atom is -0.478 e. The predicted octanol–water partition coefficient (Wildman–Crippen LogP) is 4.60. The summed E-state index contributed by atoms with van der Waals surface area (Å²) in [7, 11) is 0. The molecule has 0 atom stereocenters. The van der Waals surface area contributed by atoms with Crippen molar-refractivity contribution >= 4 is 22.4 Å². The summed E-state index contributed by atoms with van der Waals surface area (Å²) in [6.07, 6.45) is 1.62. The van der Waals surface area contributed by atoms with E-state index >= 15 is 0 Å². The summed E-state index contributed by atoms with van der Waals surface area (Å²) in [5, 5.41) is 10.1. The first kappa shape index (κ1) is 13.5. The topological polar surface area (TPSA) is 41.7 Å². The zero-order valence-electron chi connectivity index (χ0n) is 12.0. The lowest BCUT2D eigenvalue weighted by Gasteiger charge is -2.06. The standard InChI is InChI=1S/C19H12FNO2/c20-16-5-1-12(2-6-16)13-4-8-18-14(9-13)3-7-17-10-15(19(22)23)11-21(17)18/h1-11H,(H,22,23). The lowest BCUT2D eigenvalue weighted by atomic mass is 10.0. The van der Waals surface area contributed by atoms with Gasteiger partial charge in [0.1, 0.15) is 5.82 Å². The zero-order chi connectivity index (χ0) is 16.0. The lowest BCUT2D eigenvalue weighted by Crippen LogP contribution is -1.92. The maximum Gasteiger partial charge on any atom is 0.337 e. The molecular weight excluding hydrogens is 293 g/mol. The SMILES string of the molecule is O=C(O)c1cc2ccc3cc(-c4ccc(F)cc4)ccc3n2c1. The maximum atomic E-state index is 13.0. The van der Waals surface area contributed by atoms with Gasteiger partial charge in [-0.15, -0.1) is 0 Å². The van der Waals surface area contributed by atoms with Crippen LogP contribution >= 0.6 is 0 Å². The van der Waals surface area contributed by atoms with Gasteiger partial charge >= 0.3 is 5.97 Å². The maximum absolute atomic E-state index is 13.0. The Bertz CT molecular complexity index is 1050. The van der Waals surface area contributed by atoms with Crippen molar-refractivity contribution in [1.29, 1.82) is 0 Å². The third-order valence-corrected chi connectivity index (χ3v) is 3.99. The average molecular weight is 305 g/mol. The van der Waals surface area contributed by atoms with Crippen LogP contribution in [-0.4, -0.2) is 15.5 Å². The van der Waals surface area contributed by atoms with Crippen LogP contribution in [0, 0.1) is 5.82 Å². The highest BCUT2D eigenvalue weighted by molar-refractivity contribution is 5.93. The van der Waals surface area contributed by atoms with Gasteiger partial charge in [-0.2, -0.15) is 0 Å². The van der Waals surface area contributed by atoms with E-state index in [-0.39, 0.29) is 11.4 Å². The van der Waals surface area contributed by atoms with Crippen molar-refractivity contribution in [3.05, 3.63) is 78.2 Å². The number of rotatable bonds is 2. The van der Waals surface area contributed by atoms with Crippen LogP contribution in [0.3, 0.4) is 0 Å². The van der Waals surface area contributed by atoms with E-state index in [1.165, 1.54) is 12.1 Å². The molecule has 0 saturated carbocycles. The van der Waals surface area contributed by atoms with Gasteiger partial charge in [0.2, 0.25) is 0 Å². The fourth-order valence-corrected chi connectivity index (χ4v) is 2.84. The Balaban J connectivity index is 1.91. The molecular formula is C19H12FNO2. The van der Waals surface area contributed by atoms with Gasteiger partial charge in [0.15, 0.2) is 0 Å². The van der Waals surface area contributed by atoms with Crippen molar-refractivity contribution in [3.63, 3.8) is 0 Å². The van der Waals surface area contributed by atoms with Gasteiger partial charge in [-0.1, -0.05) is 24.3 Å². The second-order valence-electron chi connectivity index (χ2n) is 5.44. The highest BCUT2D eigenvalue weighted by atomic mass is 19.1. The van der Waals surface area contributed by atoms with Crippen LogP contribution in [0.4, 0.5) is 4.39 Å². The summed E-state index contributed by atoms with van der Waals surface area (Å²) in [6, 6.07) is 17.8. The Morgan fingerprint density at radius 1 is 0.913 bits per heavy atom. The second-order valence-corrected chi connectivity index (χ2v) is 5.44. The number of pyridine rings is 1. The number of carboxylic acid groups (broad SMARTS) is 1. The Morgan fingerprint density at radius 2 is 1.65 bits per heavy atom. The molecule has 4 aromatic rings. The van der Waals surface area contributed by atoms with Crippen LogP contribution in [-0.2, 0) is 0 Å². The summed E-state index contributed by atoms with van der Waals surface area (Å²) < 4.78 is 14.9. The van der Waals surface area contributed by atoms with Crippen molar-refractivity contribution in [3.8, 4) is 11.1 Å². The van der Waals surface area contributed by atoms with Crippen LogP contribution in [0.25, 0.3) is 27.5 Å². The molecule has 0 aliphatic rings. The van der Waals surface area contributed by atoms with E-state index in [0.717, 1.165) is 27.5 Å². The van der Waals surface area contributed by atoms with Gasteiger partial charge in [0.05, 0.1) is 11.1 Å². The Morgan fingerprint density at radius 3 is 2.39 bits per heavy atom. The van der Waals surface area contributed by atoms with E-state index < -0.39 is 5.97 Å². The minimum atomic E-state index is -0.940. The van der Waals surface area contributed by atoms with Gasteiger partial charge < -0.3 is 9.51 Å². The molecule has 2 heterocycles. The molecule has 0 saturated heterocycles. The number of nitrogens with zero attached hydrogens (tertiary/aromatic N) is 1. The van der Waals surface area contributed by atoms with E-state index in [2.05, 4.69) is 0 Å². The molecule has 0 unspecified atom stereocenters. The molecule has 23 heavy (non-hydrogen) atoms. The summed E-state index contributed by atoms with van der Waals surface area (Å²) in [6.45, 7) is 0. The van der Waals surface area contributed by atoms with Crippen molar-refractivity contribution in [2.75, 3.05) is 0 Å². The van der Waals surface area contributed by atoms with E-state index in [1.54, 1.807) is 24.4 Å². The van der Waals surface area contributed by atoms with Crippen molar-refractivity contribution in [2.24, 2.45) is 0 Å². The van der Waals surface area contributed by atoms with Crippen LogP contribution in [0.15, 0.2) is 66.9 Å². The van der Waals surface area contributed by atoms with E-state index in [9.17, 15) is 9.18 Å². The van der Waals surface area contributed by atoms with E-state index in [4.69, 9.17) is 5.11 Å². The third-order valence-electron chi connectivity index (χ3n) is 3.99. The largest absolute Gasteiger partial charge is 0.478 e. The number of carbonyl (C=O) groups is 1. The summed E-state index contributed by atoms with van der Waals surface area (Å²) >= 11 is 0. The molecule has 112 valence electrons. The van der Waals surface area contributed by atoms with Crippen molar-refractivity contribution < 1.29 is 14.3 Å². The smallest absolute Gasteiger partial charge is 0.337 e. The fraction of sp³-hybridized carbons (Fsp3) is 0. The molecule has 0 bridgehead atoms. The molecule has 0 aliphatic carbocycles. The normalized spacial score (nSPS) is 11.2. The number of aromatic carboxylic acids is 1. The highest BCUT2D eigenvalue weighted by Gasteiger charge is 2.09. The molecule has 0 aliphatic heterocycles. The number of hydrogen-bond donors (Lipinski definition) is 1. The Hall–Kier alpha value is -3.14. The second kappa shape index (κ2) is 4.95. The molecule has 4 heteroatoms. The van der Waals surface area contributed by atoms with Crippen molar-refractivity contribution in [1.82, 2.24) is 4.40 Å². The first-order chi connectivity index (χ1) is 11.1.